The fourth-order valence-corrected chi connectivity index (χ4v) is 2.01. The number of nitrogens with one attached hydrogen (secondary N) is 1. The van der Waals surface area contributed by atoms with E-state index in [-0.39, 0.29) is 23.7 Å². The van der Waals surface area contributed by atoms with Crippen LogP contribution in [-0.2, 0) is 4.79 Å². The van der Waals surface area contributed by atoms with Gasteiger partial charge in [-0.05, 0) is 39.0 Å². The molecule has 1 aromatic heterocycles. The lowest BCUT2D eigenvalue weighted by molar-refractivity contribution is -0.124. The number of carbonyl (C=O) groups excluding carboxylic acids is 1. The largest absolute Gasteiger partial charge is 0.369 e. The molecular formula is C13H17FN4O. The normalized spacial score (nSPS) is 12.9. The molecule has 1 atom stereocenters. The van der Waals surface area contributed by atoms with E-state index >= 15 is 0 Å². The standard InChI is InChI=1S/C13H17FN4O/c1-7(2)16-12(19)8(3)18-11-6-9(14)4-5-10(11)17-13(18)15/h4-8H,1-3H3,(H2,15,17)(H,16,19). The molecule has 1 unspecified atom stereocenters. The summed E-state index contributed by atoms with van der Waals surface area (Å²) in [7, 11) is 0. The molecule has 0 aliphatic carbocycles. The molecule has 0 bridgehead atoms. The third-order valence-corrected chi connectivity index (χ3v) is 2.88. The topological polar surface area (TPSA) is 72.9 Å². The summed E-state index contributed by atoms with van der Waals surface area (Å²) in [6, 6.07) is 3.68. The lowest BCUT2D eigenvalue weighted by atomic mass is 10.2. The number of benzene rings is 1. The van der Waals surface area contributed by atoms with Crippen molar-refractivity contribution in [2.24, 2.45) is 0 Å². The predicted molar refractivity (Wildman–Crippen MR) is 72.1 cm³/mol. The highest BCUT2D eigenvalue weighted by molar-refractivity contribution is 5.85. The molecule has 3 N–H and O–H groups in total. The first-order valence-electron chi connectivity index (χ1n) is 6.13. The number of amides is 1. The lowest BCUT2D eigenvalue weighted by Gasteiger charge is -2.17. The highest BCUT2D eigenvalue weighted by Gasteiger charge is 2.21. The minimum absolute atomic E-state index is 0.0303. The van der Waals surface area contributed by atoms with Crippen LogP contribution >= 0.6 is 0 Å². The Balaban J connectivity index is 2.46. The van der Waals surface area contributed by atoms with Crippen molar-refractivity contribution >= 4 is 22.9 Å². The third kappa shape index (κ3) is 2.52. The van der Waals surface area contributed by atoms with E-state index in [0.717, 1.165) is 0 Å². The van der Waals surface area contributed by atoms with Gasteiger partial charge in [0.15, 0.2) is 0 Å². The van der Waals surface area contributed by atoms with Gasteiger partial charge in [-0.15, -0.1) is 0 Å². The van der Waals surface area contributed by atoms with Crippen molar-refractivity contribution in [3.8, 4) is 0 Å². The average Bonchev–Trinajstić information content (AvgIpc) is 2.62. The van der Waals surface area contributed by atoms with E-state index in [2.05, 4.69) is 10.3 Å². The van der Waals surface area contributed by atoms with Gasteiger partial charge in [0.2, 0.25) is 11.9 Å². The van der Waals surface area contributed by atoms with Gasteiger partial charge in [0.25, 0.3) is 0 Å². The quantitative estimate of drug-likeness (QED) is 0.888. The molecule has 1 amide bonds. The zero-order valence-electron chi connectivity index (χ0n) is 11.1. The summed E-state index contributed by atoms with van der Waals surface area (Å²) in [5.74, 6) is -0.359. The number of nitrogens with two attached hydrogens (primary N) is 1. The molecule has 19 heavy (non-hydrogen) atoms. The summed E-state index contributed by atoms with van der Waals surface area (Å²) in [4.78, 5) is 16.2. The van der Waals surface area contributed by atoms with Crippen LogP contribution in [0.4, 0.5) is 10.3 Å². The number of nitrogens with zero attached hydrogens (tertiary/aromatic N) is 2. The van der Waals surface area contributed by atoms with Crippen molar-refractivity contribution in [1.29, 1.82) is 0 Å². The zero-order valence-corrected chi connectivity index (χ0v) is 11.1. The maximum absolute atomic E-state index is 13.3. The van der Waals surface area contributed by atoms with Crippen LogP contribution in [-0.4, -0.2) is 21.5 Å². The molecule has 0 aliphatic rings. The van der Waals surface area contributed by atoms with Gasteiger partial charge in [-0.3, -0.25) is 9.36 Å². The van der Waals surface area contributed by atoms with Crippen molar-refractivity contribution in [3.05, 3.63) is 24.0 Å². The summed E-state index contributed by atoms with van der Waals surface area (Å²) >= 11 is 0. The van der Waals surface area contributed by atoms with Crippen molar-refractivity contribution in [1.82, 2.24) is 14.9 Å². The van der Waals surface area contributed by atoms with E-state index < -0.39 is 6.04 Å². The molecule has 1 heterocycles. The maximum atomic E-state index is 13.3. The second-order valence-corrected chi connectivity index (χ2v) is 4.81. The Bertz CT molecular complexity index is 620. The number of rotatable bonds is 3. The number of imidazole rings is 1. The fourth-order valence-electron chi connectivity index (χ4n) is 2.01. The Morgan fingerprint density at radius 3 is 2.74 bits per heavy atom. The van der Waals surface area contributed by atoms with Crippen LogP contribution in [0, 0.1) is 5.82 Å². The van der Waals surface area contributed by atoms with E-state index in [9.17, 15) is 9.18 Å². The maximum Gasteiger partial charge on any atom is 0.243 e. The van der Waals surface area contributed by atoms with Gasteiger partial charge in [0, 0.05) is 6.04 Å². The first kappa shape index (κ1) is 13.3. The Kier molecular flexibility index (Phi) is 3.42. The monoisotopic (exact) mass is 264 g/mol. The number of hydrogen-bond acceptors (Lipinski definition) is 3. The highest BCUT2D eigenvalue weighted by Crippen LogP contribution is 2.23. The van der Waals surface area contributed by atoms with Crippen LogP contribution in [0.5, 0.6) is 0 Å². The predicted octanol–water partition coefficient (Wildman–Crippen LogP) is 1.84. The molecule has 0 aliphatic heterocycles. The highest BCUT2D eigenvalue weighted by atomic mass is 19.1. The molecular weight excluding hydrogens is 247 g/mol. The van der Waals surface area contributed by atoms with Crippen LogP contribution < -0.4 is 11.1 Å². The number of halogens is 1. The van der Waals surface area contributed by atoms with E-state index in [1.165, 1.54) is 16.7 Å². The lowest BCUT2D eigenvalue weighted by Crippen LogP contribution is -2.36. The molecule has 0 saturated heterocycles. The van der Waals surface area contributed by atoms with Gasteiger partial charge in [-0.1, -0.05) is 0 Å². The molecule has 6 heteroatoms. The van der Waals surface area contributed by atoms with Crippen molar-refractivity contribution in [3.63, 3.8) is 0 Å². The molecule has 5 nitrogen and oxygen atoms in total. The minimum atomic E-state index is -0.547. The van der Waals surface area contributed by atoms with Crippen LogP contribution in [0.3, 0.4) is 0 Å². The second kappa shape index (κ2) is 4.87. The Morgan fingerprint density at radius 1 is 1.42 bits per heavy atom. The van der Waals surface area contributed by atoms with Crippen LogP contribution in [0.1, 0.15) is 26.8 Å². The summed E-state index contributed by atoms with van der Waals surface area (Å²) < 4.78 is 14.9. The first-order chi connectivity index (χ1) is 8.90. The number of hydrogen-bond donors (Lipinski definition) is 2. The molecule has 0 spiro atoms. The molecule has 0 fully saturated rings. The molecule has 102 valence electrons. The summed E-state index contributed by atoms with van der Waals surface area (Å²) in [6.45, 7) is 5.46. The van der Waals surface area contributed by atoms with Crippen molar-refractivity contribution in [2.75, 3.05) is 5.73 Å². The van der Waals surface area contributed by atoms with Crippen molar-refractivity contribution < 1.29 is 9.18 Å². The van der Waals surface area contributed by atoms with Gasteiger partial charge in [0.05, 0.1) is 11.0 Å². The summed E-state index contributed by atoms with van der Waals surface area (Å²) in [6.07, 6.45) is 0. The Hall–Kier alpha value is -2.11. The van der Waals surface area contributed by atoms with Gasteiger partial charge >= 0.3 is 0 Å². The third-order valence-electron chi connectivity index (χ3n) is 2.88. The van der Waals surface area contributed by atoms with Crippen molar-refractivity contribution in [2.45, 2.75) is 32.9 Å². The molecule has 2 rings (SSSR count). The number of carbonyl (C=O) groups is 1. The molecule has 1 aromatic carbocycles. The van der Waals surface area contributed by atoms with Gasteiger partial charge < -0.3 is 11.1 Å². The Morgan fingerprint density at radius 2 is 2.11 bits per heavy atom. The zero-order chi connectivity index (χ0) is 14.2. The van der Waals surface area contributed by atoms with E-state index in [1.807, 2.05) is 13.8 Å². The van der Waals surface area contributed by atoms with E-state index in [1.54, 1.807) is 13.0 Å². The first-order valence-corrected chi connectivity index (χ1v) is 6.13. The SMILES string of the molecule is CC(C)NC(=O)C(C)n1c(N)nc2ccc(F)cc21. The second-order valence-electron chi connectivity index (χ2n) is 4.81. The van der Waals surface area contributed by atoms with Gasteiger partial charge in [-0.25, -0.2) is 9.37 Å². The minimum Gasteiger partial charge on any atom is -0.369 e. The van der Waals surface area contributed by atoms with Gasteiger partial charge in [0.1, 0.15) is 11.9 Å². The van der Waals surface area contributed by atoms with E-state index in [4.69, 9.17) is 5.73 Å². The average molecular weight is 264 g/mol. The molecule has 0 radical (unpaired) electrons. The van der Waals surface area contributed by atoms with Crippen LogP contribution in [0.15, 0.2) is 18.2 Å². The number of nitrogen functional groups attached to an aromatic ring is 1. The van der Waals surface area contributed by atoms with Crippen LogP contribution in [0.2, 0.25) is 0 Å². The fraction of sp³-hybridized carbons (Fsp3) is 0.385. The number of fused-ring (bicyclic) bond motifs is 1. The summed E-state index contributed by atoms with van der Waals surface area (Å²) in [5, 5.41) is 2.80. The van der Waals surface area contributed by atoms with Crippen LogP contribution in [0.25, 0.3) is 11.0 Å². The number of aromatic nitrogens is 2. The molecule has 0 saturated carbocycles. The van der Waals surface area contributed by atoms with Gasteiger partial charge in [-0.2, -0.15) is 0 Å². The Labute approximate surface area is 110 Å². The number of anilines is 1. The van der Waals surface area contributed by atoms with E-state index in [0.29, 0.717) is 11.0 Å². The molecule has 2 aromatic rings. The summed E-state index contributed by atoms with van der Waals surface area (Å²) in [5.41, 5.74) is 6.91. The smallest absolute Gasteiger partial charge is 0.243 e.